The molecule has 0 atom stereocenters. The van der Waals surface area contributed by atoms with E-state index in [2.05, 4.69) is 15.3 Å². The van der Waals surface area contributed by atoms with E-state index in [0.717, 1.165) is 21.5 Å². The summed E-state index contributed by atoms with van der Waals surface area (Å²) in [5.41, 5.74) is 8.33. The van der Waals surface area contributed by atoms with Gasteiger partial charge in [0.2, 0.25) is 0 Å². The number of hydrogen-bond donors (Lipinski definition) is 2. The molecular weight excluding hydrogens is 266 g/mol. The number of benzene rings is 1. The molecule has 0 bridgehead atoms. The first-order chi connectivity index (χ1) is 8.63. The largest absolute Gasteiger partial charge is 0.375 e. The molecule has 5 nitrogen and oxygen atoms in total. The first-order valence-electron chi connectivity index (χ1n) is 5.08. The van der Waals surface area contributed by atoms with Gasteiger partial charge in [-0.25, -0.2) is 9.98 Å². The Bertz CT molecular complexity index is 653. The van der Waals surface area contributed by atoms with Gasteiger partial charge in [0.25, 0.3) is 0 Å². The highest BCUT2D eigenvalue weighted by Gasteiger charge is 2.06. The van der Waals surface area contributed by atoms with Crippen molar-refractivity contribution >= 4 is 49.3 Å². The van der Waals surface area contributed by atoms with Crippen LogP contribution in [0.1, 0.15) is 5.56 Å². The van der Waals surface area contributed by atoms with E-state index in [9.17, 15) is 0 Å². The molecule has 3 N–H and O–H groups in total. The molecule has 0 saturated carbocycles. The van der Waals surface area contributed by atoms with E-state index in [-0.39, 0.29) is 0 Å². The molecule has 0 aliphatic carbocycles. The van der Waals surface area contributed by atoms with Gasteiger partial charge in [-0.15, -0.1) is 0 Å². The number of nitrogen functional groups attached to an aromatic ring is 1. The first kappa shape index (κ1) is 12.7. The lowest BCUT2D eigenvalue weighted by Crippen LogP contribution is -2.12. The number of thioether (sulfide) groups is 1. The van der Waals surface area contributed by atoms with E-state index in [1.807, 2.05) is 31.5 Å². The molecule has 0 radical (unpaired) electrons. The fourth-order valence-corrected chi connectivity index (χ4v) is 2.64. The van der Waals surface area contributed by atoms with Crippen molar-refractivity contribution in [1.82, 2.24) is 10.3 Å². The summed E-state index contributed by atoms with van der Waals surface area (Å²) in [6.45, 7) is 1.97. The summed E-state index contributed by atoms with van der Waals surface area (Å²) >= 11 is 2.84. The lowest BCUT2D eigenvalue weighted by molar-refractivity contribution is 1.27. The molecule has 1 aromatic heterocycles. The maximum atomic E-state index is 8.61. The highest BCUT2D eigenvalue weighted by Crippen LogP contribution is 2.30. The van der Waals surface area contributed by atoms with Gasteiger partial charge in [0.05, 0.1) is 15.9 Å². The summed E-state index contributed by atoms with van der Waals surface area (Å²) < 4.78 is 1.04. The molecule has 2 rings (SSSR count). The van der Waals surface area contributed by atoms with E-state index >= 15 is 0 Å². The molecule has 0 amide bonds. The molecule has 7 heteroatoms. The number of hydrogen-bond acceptors (Lipinski definition) is 6. The molecule has 0 saturated heterocycles. The highest BCUT2D eigenvalue weighted by molar-refractivity contribution is 8.13. The number of anilines is 1. The third kappa shape index (κ3) is 2.55. The normalized spacial score (nSPS) is 11.5. The van der Waals surface area contributed by atoms with E-state index in [0.29, 0.717) is 10.3 Å². The summed E-state index contributed by atoms with van der Waals surface area (Å²) in [5.74, 6) is 0. The van der Waals surface area contributed by atoms with Crippen LogP contribution in [0.3, 0.4) is 0 Å². The van der Waals surface area contributed by atoms with Crippen molar-refractivity contribution in [2.75, 3.05) is 12.0 Å². The van der Waals surface area contributed by atoms with Crippen LogP contribution in [0.25, 0.3) is 10.2 Å². The lowest BCUT2D eigenvalue weighted by Gasteiger charge is -2.03. The van der Waals surface area contributed by atoms with Gasteiger partial charge in [-0.3, -0.25) is 5.32 Å². The van der Waals surface area contributed by atoms with E-state index in [4.69, 9.17) is 11.0 Å². The zero-order valence-corrected chi connectivity index (χ0v) is 11.5. The number of nitriles is 1. The Balaban J connectivity index is 2.50. The summed E-state index contributed by atoms with van der Waals surface area (Å²) in [6.07, 6.45) is 3.72. The van der Waals surface area contributed by atoms with E-state index in [1.165, 1.54) is 23.1 Å². The minimum Gasteiger partial charge on any atom is -0.375 e. The topological polar surface area (TPSA) is 87.1 Å². The van der Waals surface area contributed by atoms with Crippen molar-refractivity contribution < 1.29 is 0 Å². The third-order valence-electron chi connectivity index (χ3n) is 2.30. The first-order valence-corrected chi connectivity index (χ1v) is 7.12. The Labute approximate surface area is 113 Å². The van der Waals surface area contributed by atoms with Crippen LogP contribution in [0, 0.1) is 18.4 Å². The number of rotatable bonds is 1. The number of aryl methyl sites for hydroxylation is 1. The average Bonchev–Trinajstić information content (AvgIpc) is 2.68. The Morgan fingerprint density at radius 1 is 1.61 bits per heavy atom. The molecule has 1 heterocycles. The van der Waals surface area contributed by atoms with Crippen LogP contribution in [-0.4, -0.2) is 16.4 Å². The molecule has 1 aromatic carbocycles. The number of nitrogens with one attached hydrogen (secondary N) is 1. The summed E-state index contributed by atoms with van der Waals surface area (Å²) in [7, 11) is 0. The van der Waals surface area contributed by atoms with Crippen molar-refractivity contribution in [2.45, 2.75) is 6.92 Å². The second-order valence-electron chi connectivity index (χ2n) is 3.52. The third-order valence-corrected chi connectivity index (χ3v) is 3.73. The van der Waals surface area contributed by atoms with Crippen LogP contribution in [0.2, 0.25) is 0 Å². The van der Waals surface area contributed by atoms with Gasteiger partial charge in [0.1, 0.15) is 0 Å². The van der Waals surface area contributed by atoms with Crippen molar-refractivity contribution in [2.24, 2.45) is 4.99 Å². The Morgan fingerprint density at radius 2 is 2.39 bits per heavy atom. The Kier molecular flexibility index (Phi) is 3.69. The van der Waals surface area contributed by atoms with Crippen LogP contribution < -0.4 is 11.1 Å². The molecule has 18 heavy (non-hydrogen) atoms. The van der Waals surface area contributed by atoms with E-state index < -0.39 is 0 Å². The van der Waals surface area contributed by atoms with Crippen molar-refractivity contribution in [1.29, 1.82) is 5.26 Å². The molecule has 0 aliphatic heterocycles. The van der Waals surface area contributed by atoms with Gasteiger partial charge in [-0.05, 0) is 30.9 Å². The van der Waals surface area contributed by atoms with Gasteiger partial charge < -0.3 is 5.73 Å². The number of nitrogens with zero attached hydrogens (tertiary/aromatic N) is 3. The fourth-order valence-electron chi connectivity index (χ4n) is 1.48. The van der Waals surface area contributed by atoms with Gasteiger partial charge in [-0.2, -0.15) is 5.26 Å². The molecular formula is C11H11N5S2. The SMILES string of the molecule is CSC(=Nc1cc2nc(N)sc2cc1C)NC#N. The number of aromatic nitrogens is 1. The zero-order chi connectivity index (χ0) is 13.1. The lowest BCUT2D eigenvalue weighted by atomic mass is 10.2. The molecule has 0 fully saturated rings. The number of amidine groups is 1. The van der Waals surface area contributed by atoms with Crippen LogP contribution in [0.4, 0.5) is 10.8 Å². The van der Waals surface area contributed by atoms with Crippen LogP contribution in [0.15, 0.2) is 17.1 Å². The van der Waals surface area contributed by atoms with Crippen molar-refractivity contribution in [3.05, 3.63) is 17.7 Å². The second-order valence-corrected chi connectivity index (χ2v) is 5.37. The fraction of sp³-hybridized carbons (Fsp3) is 0.182. The van der Waals surface area contributed by atoms with Gasteiger partial charge in [0, 0.05) is 0 Å². The standard InChI is InChI=1S/C11H11N5S2/c1-6-3-9-8(15-10(13)18-9)4-7(6)16-11(17-2)14-5-12/h3-4H,1-2H3,(H2,13,15)(H,14,16). The maximum absolute atomic E-state index is 8.61. The molecule has 2 aromatic rings. The minimum absolute atomic E-state index is 0.547. The summed E-state index contributed by atoms with van der Waals surface area (Å²) in [5, 5.41) is 12.3. The van der Waals surface area contributed by atoms with Gasteiger partial charge >= 0.3 is 0 Å². The number of thiazole rings is 1. The maximum Gasteiger partial charge on any atom is 0.183 e. The van der Waals surface area contributed by atoms with Crippen molar-refractivity contribution in [3.8, 4) is 6.19 Å². The summed E-state index contributed by atoms with van der Waals surface area (Å²) in [6, 6.07) is 3.89. The quantitative estimate of drug-likeness (QED) is 0.362. The predicted molar refractivity (Wildman–Crippen MR) is 78.1 cm³/mol. The summed E-state index contributed by atoms with van der Waals surface area (Å²) in [4.78, 5) is 8.62. The van der Waals surface area contributed by atoms with Crippen LogP contribution >= 0.6 is 23.1 Å². The Hall–Kier alpha value is -1.78. The smallest absolute Gasteiger partial charge is 0.183 e. The molecule has 0 spiro atoms. The number of aliphatic imine (C=N–C) groups is 1. The second kappa shape index (κ2) is 5.25. The molecule has 0 aliphatic rings. The van der Waals surface area contributed by atoms with Crippen LogP contribution in [0.5, 0.6) is 0 Å². The molecule has 92 valence electrons. The average molecular weight is 277 g/mol. The highest BCUT2D eigenvalue weighted by atomic mass is 32.2. The monoisotopic (exact) mass is 277 g/mol. The number of nitrogens with two attached hydrogens (primary N) is 1. The van der Waals surface area contributed by atoms with Gasteiger partial charge in [-0.1, -0.05) is 23.1 Å². The van der Waals surface area contributed by atoms with Crippen molar-refractivity contribution in [3.63, 3.8) is 0 Å². The van der Waals surface area contributed by atoms with Crippen LogP contribution in [-0.2, 0) is 0 Å². The van der Waals surface area contributed by atoms with Gasteiger partial charge in [0.15, 0.2) is 16.5 Å². The predicted octanol–water partition coefficient (Wildman–Crippen LogP) is 2.61. The van der Waals surface area contributed by atoms with E-state index in [1.54, 1.807) is 0 Å². The molecule has 0 unspecified atom stereocenters. The number of fused-ring (bicyclic) bond motifs is 1. The Morgan fingerprint density at radius 3 is 3.06 bits per heavy atom. The zero-order valence-electron chi connectivity index (χ0n) is 9.89. The minimum atomic E-state index is 0.547.